The fraction of sp³-hybridized carbons (Fsp3) is 0.103. The van der Waals surface area contributed by atoms with Crippen molar-refractivity contribution >= 4 is 27.8 Å². The molecule has 0 bridgehead atoms. The van der Waals surface area contributed by atoms with Gasteiger partial charge in [-0.1, -0.05) is 42.5 Å². The maximum absolute atomic E-state index is 14.4. The van der Waals surface area contributed by atoms with E-state index in [0.29, 0.717) is 34.6 Å². The number of hydrogen-bond donors (Lipinski definition) is 1. The van der Waals surface area contributed by atoms with E-state index in [0.717, 1.165) is 33.3 Å². The molecular weight excluding hydrogens is 467 g/mol. The number of pyridine rings is 1. The van der Waals surface area contributed by atoms with Crippen LogP contribution in [0.15, 0.2) is 79.1 Å². The van der Waals surface area contributed by atoms with E-state index in [1.807, 2.05) is 36.4 Å². The second-order valence-corrected chi connectivity index (χ2v) is 8.85. The Morgan fingerprint density at radius 3 is 2.59 bits per heavy atom. The number of methoxy groups -OCH3 is 1. The number of para-hydroxylation sites is 1. The van der Waals surface area contributed by atoms with Gasteiger partial charge in [-0.05, 0) is 36.8 Å². The van der Waals surface area contributed by atoms with Crippen LogP contribution in [0.5, 0.6) is 5.75 Å². The van der Waals surface area contributed by atoms with Crippen molar-refractivity contribution in [2.24, 2.45) is 0 Å². The lowest BCUT2D eigenvalue weighted by molar-refractivity contribution is 0.411. The molecule has 0 saturated carbocycles. The number of aromatic nitrogens is 5. The first-order valence-corrected chi connectivity index (χ1v) is 11.8. The van der Waals surface area contributed by atoms with E-state index in [9.17, 15) is 4.39 Å². The molecule has 37 heavy (non-hydrogen) atoms. The smallest absolute Gasteiger partial charge is 0.164 e. The van der Waals surface area contributed by atoms with Crippen LogP contribution in [0, 0.1) is 12.7 Å². The molecule has 3 aromatic carbocycles. The minimum Gasteiger partial charge on any atom is -0.497 e. The van der Waals surface area contributed by atoms with E-state index in [4.69, 9.17) is 20.6 Å². The molecule has 0 atom stereocenters. The average Bonchev–Trinajstić information content (AvgIpc) is 3.28. The highest BCUT2D eigenvalue weighted by Crippen LogP contribution is 2.34. The van der Waals surface area contributed by atoms with Crippen LogP contribution in [0.25, 0.3) is 44.5 Å². The zero-order chi connectivity index (χ0) is 25.5. The van der Waals surface area contributed by atoms with E-state index in [-0.39, 0.29) is 5.82 Å². The predicted octanol–water partition coefficient (Wildman–Crippen LogP) is 5.80. The van der Waals surface area contributed by atoms with Gasteiger partial charge in [-0.25, -0.2) is 24.0 Å². The van der Waals surface area contributed by atoms with Crippen molar-refractivity contribution in [2.45, 2.75) is 13.5 Å². The van der Waals surface area contributed by atoms with Gasteiger partial charge in [-0.2, -0.15) is 5.10 Å². The molecule has 0 unspecified atom stereocenters. The van der Waals surface area contributed by atoms with Crippen molar-refractivity contribution in [3.05, 3.63) is 96.1 Å². The molecule has 0 amide bonds. The summed E-state index contributed by atoms with van der Waals surface area (Å²) < 4.78 is 21.4. The van der Waals surface area contributed by atoms with Gasteiger partial charge in [0, 0.05) is 28.1 Å². The van der Waals surface area contributed by atoms with E-state index in [2.05, 4.69) is 35.1 Å². The van der Waals surface area contributed by atoms with Crippen LogP contribution >= 0.6 is 0 Å². The van der Waals surface area contributed by atoms with Crippen molar-refractivity contribution in [1.29, 1.82) is 0 Å². The number of ether oxygens (including phenoxy) is 1. The Morgan fingerprint density at radius 1 is 0.946 bits per heavy atom. The molecule has 7 nitrogen and oxygen atoms in total. The lowest BCUT2D eigenvalue weighted by Crippen LogP contribution is -2.06. The largest absolute Gasteiger partial charge is 0.497 e. The summed E-state index contributed by atoms with van der Waals surface area (Å²) >= 11 is 0. The molecule has 8 heteroatoms. The Morgan fingerprint density at radius 2 is 1.76 bits per heavy atom. The number of fused-ring (bicyclic) bond motifs is 2. The first-order chi connectivity index (χ1) is 18.0. The van der Waals surface area contributed by atoms with Gasteiger partial charge in [0.25, 0.3) is 0 Å². The zero-order valence-corrected chi connectivity index (χ0v) is 20.3. The second-order valence-electron chi connectivity index (χ2n) is 8.85. The fourth-order valence-corrected chi connectivity index (χ4v) is 4.67. The van der Waals surface area contributed by atoms with Crippen molar-refractivity contribution < 1.29 is 9.13 Å². The molecule has 3 heterocycles. The molecule has 0 radical (unpaired) electrons. The number of rotatable bonds is 5. The van der Waals surface area contributed by atoms with Crippen LogP contribution in [0.3, 0.4) is 0 Å². The van der Waals surface area contributed by atoms with Crippen molar-refractivity contribution in [1.82, 2.24) is 24.7 Å². The third kappa shape index (κ3) is 4.02. The van der Waals surface area contributed by atoms with Gasteiger partial charge in [-0.15, -0.1) is 0 Å². The van der Waals surface area contributed by atoms with Crippen LogP contribution in [-0.2, 0) is 6.54 Å². The Balaban J connectivity index is 1.57. The molecule has 0 aliphatic rings. The maximum atomic E-state index is 14.4. The highest BCUT2D eigenvalue weighted by Gasteiger charge is 2.20. The number of anilines is 1. The number of nitrogens with two attached hydrogens (primary N) is 1. The Labute approximate surface area is 212 Å². The average molecular weight is 491 g/mol. The summed E-state index contributed by atoms with van der Waals surface area (Å²) in [4.78, 5) is 13.7. The summed E-state index contributed by atoms with van der Waals surface area (Å²) in [7, 11) is 1.49. The molecule has 6 aromatic rings. The fourth-order valence-electron chi connectivity index (χ4n) is 4.67. The molecule has 6 rings (SSSR count). The summed E-state index contributed by atoms with van der Waals surface area (Å²) in [6, 6.07) is 22.8. The molecule has 0 spiro atoms. The van der Waals surface area contributed by atoms with E-state index < -0.39 is 5.82 Å². The Kier molecular flexibility index (Phi) is 5.49. The van der Waals surface area contributed by atoms with Crippen LogP contribution in [0.2, 0.25) is 0 Å². The van der Waals surface area contributed by atoms with Gasteiger partial charge in [0.1, 0.15) is 29.4 Å². The monoisotopic (exact) mass is 490 g/mol. The number of aryl methyl sites for hydroxylation is 1. The van der Waals surface area contributed by atoms with E-state index in [1.165, 1.54) is 25.6 Å². The molecular formula is C29H23FN6O. The molecule has 0 fully saturated rings. The van der Waals surface area contributed by atoms with Crippen LogP contribution in [0.1, 0.15) is 11.1 Å². The van der Waals surface area contributed by atoms with Crippen LogP contribution in [-0.4, -0.2) is 31.8 Å². The standard InChI is InChI=1S/C29H23FN6O/c1-17-7-3-5-9-23(17)26-20(11-18-8-4-6-10-24(18)34-26)15-36-29-25(28(31)32-16-33-29)27(35-36)19-12-21(30)14-22(13-19)37-2/h3-14,16H,15H2,1-2H3,(H2,31,32,33). The van der Waals surface area contributed by atoms with Gasteiger partial charge in [-0.3, -0.25) is 0 Å². The first kappa shape index (κ1) is 22.6. The summed E-state index contributed by atoms with van der Waals surface area (Å²) in [5, 5.41) is 6.43. The van der Waals surface area contributed by atoms with Crippen molar-refractivity contribution in [3.63, 3.8) is 0 Å². The predicted molar refractivity (Wildman–Crippen MR) is 143 cm³/mol. The summed E-state index contributed by atoms with van der Waals surface area (Å²) in [6.07, 6.45) is 1.41. The Hall–Kier alpha value is -4.85. The second kappa shape index (κ2) is 8.98. The lowest BCUT2D eigenvalue weighted by atomic mass is 9.99. The number of nitrogens with zero attached hydrogens (tertiary/aromatic N) is 5. The van der Waals surface area contributed by atoms with E-state index >= 15 is 0 Å². The third-order valence-corrected chi connectivity index (χ3v) is 6.46. The van der Waals surface area contributed by atoms with Gasteiger partial charge in [0.15, 0.2) is 5.65 Å². The van der Waals surface area contributed by atoms with Crippen molar-refractivity contribution in [2.75, 3.05) is 12.8 Å². The van der Waals surface area contributed by atoms with Gasteiger partial charge < -0.3 is 10.5 Å². The number of hydrogen-bond acceptors (Lipinski definition) is 6. The van der Waals surface area contributed by atoms with Crippen LogP contribution < -0.4 is 10.5 Å². The summed E-state index contributed by atoms with van der Waals surface area (Å²) in [5.41, 5.74) is 12.8. The molecule has 0 aliphatic carbocycles. The van der Waals surface area contributed by atoms with E-state index in [1.54, 1.807) is 10.7 Å². The molecule has 182 valence electrons. The van der Waals surface area contributed by atoms with Crippen LogP contribution in [0.4, 0.5) is 10.2 Å². The highest BCUT2D eigenvalue weighted by atomic mass is 19.1. The third-order valence-electron chi connectivity index (χ3n) is 6.46. The quantitative estimate of drug-likeness (QED) is 0.329. The minimum atomic E-state index is -0.437. The lowest BCUT2D eigenvalue weighted by Gasteiger charge is -2.13. The summed E-state index contributed by atoms with van der Waals surface area (Å²) in [5.74, 6) is 0.215. The molecule has 0 aliphatic heterocycles. The molecule has 2 N–H and O–H groups in total. The highest BCUT2D eigenvalue weighted by molar-refractivity contribution is 5.98. The maximum Gasteiger partial charge on any atom is 0.164 e. The topological polar surface area (TPSA) is 91.7 Å². The number of nitrogen functional groups attached to an aromatic ring is 1. The Bertz CT molecular complexity index is 1800. The molecule has 3 aromatic heterocycles. The zero-order valence-electron chi connectivity index (χ0n) is 20.3. The number of benzene rings is 3. The van der Waals surface area contributed by atoms with Gasteiger partial charge in [0.05, 0.1) is 30.3 Å². The summed E-state index contributed by atoms with van der Waals surface area (Å²) in [6.45, 7) is 2.45. The molecule has 0 saturated heterocycles. The normalized spacial score (nSPS) is 11.3. The number of halogens is 1. The van der Waals surface area contributed by atoms with Crippen molar-refractivity contribution in [3.8, 4) is 28.3 Å². The van der Waals surface area contributed by atoms with Gasteiger partial charge >= 0.3 is 0 Å². The first-order valence-electron chi connectivity index (χ1n) is 11.8. The minimum absolute atomic E-state index is 0.269. The van der Waals surface area contributed by atoms with Gasteiger partial charge in [0.2, 0.25) is 0 Å². The SMILES string of the molecule is COc1cc(F)cc(-c2nn(Cc3cc4ccccc4nc3-c3ccccc3C)c3ncnc(N)c23)c1.